The Hall–Kier alpha value is -0.120. The van der Waals surface area contributed by atoms with Gasteiger partial charge in [0.15, 0.2) is 0 Å². The number of quaternary nitrogens is 1. The topological polar surface area (TPSA) is 38.0 Å². The first-order valence-electron chi connectivity index (χ1n) is 7.77. The van der Waals surface area contributed by atoms with E-state index >= 15 is 0 Å². The monoisotopic (exact) mass is 258 g/mol. The van der Waals surface area contributed by atoms with E-state index in [2.05, 4.69) is 26.5 Å². The third kappa shape index (κ3) is 15.9. The molecule has 0 bridgehead atoms. The van der Waals surface area contributed by atoms with E-state index in [4.69, 9.17) is 5.73 Å². The van der Waals surface area contributed by atoms with Crippen LogP contribution in [0.4, 0.5) is 0 Å². The van der Waals surface area contributed by atoms with Gasteiger partial charge in [-0.3, -0.25) is 0 Å². The first-order chi connectivity index (χ1) is 8.56. The van der Waals surface area contributed by atoms with Crippen molar-refractivity contribution in [3.8, 4) is 0 Å². The third-order valence-electron chi connectivity index (χ3n) is 3.24. The summed E-state index contributed by atoms with van der Waals surface area (Å²) in [7, 11) is 6.81. The number of nitrogens with one attached hydrogen (secondary N) is 1. The highest BCUT2D eigenvalue weighted by Gasteiger charge is 2.04. The van der Waals surface area contributed by atoms with Gasteiger partial charge < -0.3 is 15.5 Å². The van der Waals surface area contributed by atoms with Crippen molar-refractivity contribution < 1.29 is 4.48 Å². The molecule has 0 aromatic carbocycles. The van der Waals surface area contributed by atoms with E-state index in [9.17, 15) is 0 Å². The highest BCUT2D eigenvalue weighted by Crippen LogP contribution is 2.03. The molecule has 0 spiro atoms. The molecule has 0 aliphatic carbocycles. The van der Waals surface area contributed by atoms with E-state index in [-0.39, 0.29) is 0 Å². The molecule has 3 nitrogen and oxygen atoms in total. The second-order valence-corrected chi connectivity index (χ2v) is 6.38. The highest BCUT2D eigenvalue weighted by atomic mass is 15.3. The maximum absolute atomic E-state index is 5.46. The van der Waals surface area contributed by atoms with Crippen LogP contribution in [0.25, 0.3) is 0 Å². The van der Waals surface area contributed by atoms with Crippen LogP contribution in [-0.4, -0.2) is 51.8 Å². The second kappa shape index (κ2) is 11.9. The predicted molar refractivity (Wildman–Crippen MR) is 81.8 cm³/mol. The molecule has 0 saturated heterocycles. The Labute approximate surface area is 115 Å². The normalized spacial score (nSPS) is 12.0. The van der Waals surface area contributed by atoms with Gasteiger partial charge in [0, 0.05) is 0 Å². The summed E-state index contributed by atoms with van der Waals surface area (Å²) in [5, 5.41) is 3.53. The average molecular weight is 258 g/mol. The van der Waals surface area contributed by atoms with Crippen molar-refractivity contribution in [3.63, 3.8) is 0 Å². The van der Waals surface area contributed by atoms with Crippen LogP contribution in [0.5, 0.6) is 0 Å². The fourth-order valence-electron chi connectivity index (χ4n) is 2.06. The summed E-state index contributed by atoms with van der Waals surface area (Å²) in [5.74, 6) is 0. The van der Waals surface area contributed by atoms with E-state index in [0.717, 1.165) is 11.0 Å². The maximum Gasteiger partial charge on any atom is 0.0780 e. The van der Waals surface area contributed by atoms with Gasteiger partial charge in [-0.25, -0.2) is 0 Å². The van der Waals surface area contributed by atoms with Gasteiger partial charge in [-0.05, 0) is 51.7 Å². The lowest BCUT2D eigenvalue weighted by Crippen LogP contribution is -2.35. The fraction of sp³-hybridized carbons (Fsp3) is 1.00. The van der Waals surface area contributed by atoms with Gasteiger partial charge in [0.05, 0.1) is 27.7 Å². The van der Waals surface area contributed by atoms with Gasteiger partial charge in [-0.15, -0.1) is 0 Å². The molecule has 0 radical (unpaired) electrons. The molecule has 18 heavy (non-hydrogen) atoms. The molecule has 0 aliphatic heterocycles. The quantitative estimate of drug-likeness (QED) is 0.393. The minimum absolute atomic E-state index is 0.848. The molecule has 0 unspecified atom stereocenters. The smallest absolute Gasteiger partial charge is 0.0780 e. The van der Waals surface area contributed by atoms with E-state index in [1.165, 1.54) is 71.0 Å². The molecule has 0 amide bonds. The van der Waals surface area contributed by atoms with Gasteiger partial charge in [-0.1, -0.05) is 19.3 Å². The summed E-state index contributed by atoms with van der Waals surface area (Å²) >= 11 is 0. The van der Waals surface area contributed by atoms with Crippen molar-refractivity contribution >= 4 is 0 Å². The maximum atomic E-state index is 5.46. The zero-order valence-electron chi connectivity index (χ0n) is 13.0. The number of rotatable bonds is 13. The molecule has 3 N–H and O–H groups in total. The van der Waals surface area contributed by atoms with Crippen LogP contribution in [0.3, 0.4) is 0 Å². The Morgan fingerprint density at radius 1 is 0.722 bits per heavy atom. The van der Waals surface area contributed by atoms with Gasteiger partial charge >= 0.3 is 0 Å². The SMILES string of the molecule is C[N+](C)(C)CCCCCCNCCCCCCN. The van der Waals surface area contributed by atoms with Crippen LogP contribution in [0.2, 0.25) is 0 Å². The summed E-state index contributed by atoms with van der Waals surface area (Å²) in [4.78, 5) is 0. The number of hydrogen-bond acceptors (Lipinski definition) is 2. The van der Waals surface area contributed by atoms with Crippen molar-refractivity contribution in [1.29, 1.82) is 0 Å². The van der Waals surface area contributed by atoms with Crippen molar-refractivity contribution in [2.75, 3.05) is 47.3 Å². The molecule has 0 heterocycles. The van der Waals surface area contributed by atoms with E-state index in [1.807, 2.05) is 0 Å². The highest BCUT2D eigenvalue weighted by molar-refractivity contribution is 4.51. The van der Waals surface area contributed by atoms with E-state index < -0.39 is 0 Å². The van der Waals surface area contributed by atoms with Gasteiger partial charge in [0.2, 0.25) is 0 Å². The lowest BCUT2D eigenvalue weighted by atomic mass is 10.1. The molecule has 0 aromatic heterocycles. The van der Waals surface area contributed by atoms with Gasteiger partial charge in [0.1, 0.15) is 0 Å². The second-order valence-electron chi connectivity index (χ2n) is 6.38. The van der Waals surface area contributed by atoms with E-state index in [0.29, 0.717) is 0 Å². The van der Waals surface area contributed by atoms with Crippen LogP contribution in [0.1, 0.15) is 51.4 Å². The number of nitrogens with two attached hydrogens (primary N) is 1. The lowest BCUT2D eigenvalue weighted by Gasteiger charge is -2.23. The molecule has 0 fully saturated rings. The molecule has 0 aromatic rings. The number of hydrogen-bond donors (Lipinski definition) is 2. The summed E-state index contributed by atoms with van der Waals surface area (Å²) in [6.45, 7) is 4.53. The summed E-state index contributed by atoms with van der Waals surface area (Å²) in [5.41, 5.74) is 5.46. The molecule has 0 aliphatic rings. The molecule has 0 rings (SSSR count). The van der Waals surface area contributed by atoms with Crippen molar-refractivity contribution in [2.24, 2.45) is 5.73 Å². The molecule has 0 atom stereocenters. The van der Waals surface area contributed by atoms with Crippen LogP contribution >= 0.6 is 0 Å². The zero-order valence-corrected chi connectivity index (χ0v) is 13.0. The zero-order chi connectivity index (χ0) is 13.7. The average Bonchev–Trinajstić information content (AvgIpc) is 2.29. The first kappa shape index (κ1) is 17.9. The van der Waals surface area contributed by atoms with Gasteiger partial charge in [0.25, 0.3) is 0 Å². The van der Waals surface area contributed by atoms with Crippen molar-refractivity contribution in [3.05, 3.63) is 0 Å². The molecule has 110 valence electrons. The standard InChI is InChI=1S/C15H36N3/c1-18(2,3)15-11-7-6-10-14-17-13-9-5-4-8-12-16/h17H,4-16H2,1-3H3/q+1. The predicted octanol–water partition coefficient (Wildman–Crippen LogP) is 2.36. The van der Waals surface area contributed by atoms with Crippen LogP contribution in [0.15, 0.2) is 0 Å². The Morgan fingerprint density at radius 3 is 1.72 bits per heavy atom. The van der Waals surface area contributed by atoms with Crippen LogP contribution < -0.4 is 11.1 Å². The molecular weight excluding hydrogens is 222 g/mol. The minimum atomic E-state index is 0.848. The molecule has 3 heteroatoms. The summed E-state index contributed by atoms with van der Waals surface area (Å²) in [6, 6.07) is 0. The Balaban J connectivity index is 2.99. The third-order valence-corrected chi connectivity index (χ3v) is 3.24. The lowest BCUT2D eigenvalue weighted by molar-refractivity contribution is -0.870. The molecular formula is C15H36N3+. The Bertz CT molecular complexity index is 164. The number of nitrogens with zero attached hydrogens (tertiary/aromatic N) is 1. The Kier molecular flexibility index (Phi) is 11.9. The molecule has 0 saturated carbocycles. The van der Waals surface area contributed by atoms with Crippen molar-refractivity contribution in [1.82, 2.24) is 5.32 Å². The largest absolute Gasteiger partial charge is 0.331 e. The fourth-order valence-corrected chi connectivity index (χ4v) is 2.06. The minimum Gasteiger partial charge on any atom is -0.331 e. The van der Waals surface area contributed by atoms with Crippen molar-refractivity contribution in [2.45, 2.75) is 51.4 Å². The van der Waals surface area contributed by atoms with Crippen LogP contribution in [0, 0.1) is 0 Å². The first-order valence-corrected chi connectivity index (χ1v) is 7.77. The van der Waals surface area contributed by atoms with Crippen LogP contribution in [-0.2, 0) is 0 Å². The Morgan fingerprint density at radius 2 is 1.22 bits per heavy atom. The van der Waals surface area contributed by atoms with E-state index in [1.54, 1.807) is 0 Å². The summed E-state index contributed by atoms with van der Waals surface area (Å²) in [6.07, 6.45) is 10.6. The van der Waals surface area contributed by atoms with Gasteiger partial charge in [-0.2, -0.15) is 0 Å². The summed E-state index contributed by atoms with van der Waals surface area (Å²) < 4.78 is 1.10. The number of unbranched alkanes of at least 4 members (excludes halogenated alkanes) is 6.